The van der Waals surface area contributed by atoms with Crippen LogP contribution in [0.25, 0.3) is 0 Å². The van der Waals surface area contributed by atoms with Crippen molar-refractivity contribution < 1.29 is 0 Å². The molecule has 2 aliphatic rings. The summed E-state index contributed by atoms with van der Waals surface area (Å²) in [4.78, 5) is 8.80. The molecule has 0 bridgehead atoms. The number of nitrogens with two attached hydrogens (primary N) is 1. The number of aromatic nitrogens is 1. The number of hydrogen-bond donors (Lipinski definition) is 1. The van der Waals surface area contributed by atoms with Gasteiger partial charge in [0.2, 0.25) is 0 Å². The number of amidine groups is 1. The van der Waals surface area contributed by atoms with Crippen molar-refractivity contribution in [3.63, 3.8) is 0 Å². The smallest absolute Gasteiger partial charge is 0.175 e. The minimum absolute atomic E-state index is 0.283. The lowest BCUT2D eigenvalue weighted by molar-refractivity contribution is 0.564. The van der Waals surface area contributed by atoms with E-state index >= 15 is 0 Å². The highest BCUT2D eigenvalue weighted by Gasteiger charge is 2.91. The number of aliphatic imine (C=N–C) groups is 1. The molecule has 5 nitrogen and oxygen atoms in total. The van der Waals surface area contributed by atoms with E-state index in [0.717, 1.165) is 17.1 Å². The van der Waals surface area contributed by atoms with Crippen LogP contribution in [-0.4, -0.2) is 26.5 Å². The summed E-state index contributed by atoms with van der Waals surface area (Å²) in [6.07, 6.45) is 3.42. The number of fused-ring (bicyclic) bond motifs is 1. The third-order valence-corrected chi connectivity index (χ3v) is 7.52. The zero-order valence-corrected chi connectivity index (χ0v) is 14.6. The molecule has 1 saturated carbocycles. The summed E-state index contributed by atoms with van der Waals surface area (Å²) >= 11 is 3.20. The van der Waals surface area contributed by atoms with E-state index in [2.05, 4.69) is 22.1 Å². The van der Waals surface area contributed by atoms with Gasteiger partial charge in [0, 0.05) is 18.3 Å². The van der Waals surface area contributed by atoms with E-state index < -0.39 is 15.0 Å². The van der Waals surface area contributed by atoms with Crippen LogP contribution < -0.4 is 5.73 Å². The van der Waals surface area contributed by atoms with E-state index in [1.165, 1.54) is 0 Å². The first-order valence-corrected chi connectivity index (χ1v) is 9.43. The van der Waals surface area contributed by atoms with Crippen LogP contribution in [0.4, 0.5) is 0 Å². The zero-order valence-electron chi connectivity index (χ0n) is 13.0. The maximum Gasteiger partial charge on any atom is 0.175 e. The summed E-state index contributed by atoms with van der Waals surface area (Å²) in [5.41, 5.74) is 5.11. The van der Waals surface area contributed by atoms with Crippen molar-refractivity contribution in [1.29, 1.82) is 10.5 Å². The third-order valence-electron chi connectivity index (χ3n) is 4.63. The Morgan fingerprint density at radius 1 is 1.26 bits per heavy atom. The van der Waals surface area contributed by atoms with Gasteiger partial charge < -0.3 is 5.73 Å². The van der Waals surface area contributed by atoms with Crippen LogP contribution in [0.5, 0.6) is 0 Å². The van der Waals surface area contributed by atoms with Crippen LogP contribution in [0.1, 0.15) is 25.3 Å². The molecule has 0 aromatic carbocycles. The lowest BCUT2D eigenvalue weighted by Crippen LogP contribution is -2.31. The monoisotopic (exact) mass is 343 g/mol. The predicted octanol–water partition coefficient (Wildman–Crippen LogP) is 2.73. The number of rotatable bonds is 5. The molecule has 0 saturated heterocycles. The first-order chi connectivity index (χ1) is 11.1. The molecular formula is C16H17N5S2. The van der Waals surface area contributed by atoms with Crippen molar-refractivity contribution in [3.8, 4) is 12.1 Å². The van der Waals surface area contributed by atoms with Crippen molar-refractivity contribution in [1.82, 2.24) is 4.98 Å². The van der Waals surface area contributed by atoms with Crippen LogP contribution in [0.15, 0.2) is 29.5 Å². The Bertz CT molecular complexity index is 729. The van der Waals surface area contributed by atoms with Gasteiger partial charge in [0.1, 0.15) is 16.7 Å². The Morgan fingerprint density at radius 2 is 1.96 bits per heavy atom. The first-order valence-electron chi connectivity index (χ1n) is 7.46. The molecule has 3 unspecified atom stereocenters. The van der Waals surface area contributed by atoms with E-state index in [9.17, 15) is 10.5 Å². The molecule has 2 heterocycles. The number of nitriles is 2. The summed E-state index contributed by atoms with van der Waals surface area (Å²) in [6.45, 7) is 4.07. The highest BCUT2D eigenvalue weighted by Crippen LogP contribution is 2.85. The van der Waals surface area contributed by atoms with E-state index in [0.29, 0.717) is 0 Å². The van der Waals surface area contributed by atoms with Crippen molar-refractivity contribution in [2.75, 3.05) is 11.5 Å². The molecule has 7 heteroatoms. The molecular weight excluding hydrogens is 326 g/mol. The van der Waals surface area contributed by atoms with Gasteiger partial charge in [-0.05, 0) is 23.1 Å². The molecule has 3 rings (SSSR count). The number of nitrogens with zero attached hydrogens (tertiary/aromatic N) is 4. The van der Waals surface area contributed by atoms with E-state index in [1.807, 2.05) is 26.0 Å². The van der Waals surface area contributed by atoms with E-state index in [4.69, 9.17) is 5.73 Å². The van der Waals surface area contributed by atoms with Crippen molar-refractivity contribution >= 4 is 29.4 Å². The molecule has 1 aliphatic carbocycles. The average molecular weight is 343 g/mol. The fraction of sp³-hybridized carbons (Fsp3) is 0.500. The van der Waals surface area contributed by atoms with Gasteiger partial charge in [-0.3, -0.25) is 4.98 Å². The maximum atomic E-state index is 10.1. The molecule has 0 amide bonds. The lowest BCUT2D eigenvalue weighted by atomic mass is 9.97. The van der Waals surface area contributed by atoms with Crippen LogP contribution in [0.2, 0.25) is 0 Å². The van der Waals surface area contributed by atoms with Gasteiger partial charge in [-0.15, -0.1) is 23.5 Å². The van der Waals surface area contributed by atoms with Gasteiger partial charge in [-0.2, -0.15) is 10.5 Å². The highest BCUT2D eigenvalue weighted by molar-refractivity contribution is 8.18. The zero-order chi connectivity index (χ0) is 16.7. The third kappa shape index (κ3) is 1.70. The molecule has 118 valence electrons. The van der Waals surface area contributed by atoms with Crippen LogP contribution in [-0.2, 0) is 0 Å². The van der Waals surface area contributed by atoms with Crippen molar-refractivity contribution in [2.24, 2.45) is 21.6 Å². The van der Waals surface area contributed by atoms with Gasteiger partial charge in [0.15, 0.2) is 4.20 Å². The van der Waals surface area contributed by atoms with Crippen molar-refractivity contribution in [2.45, 2.75) is 24.0 Å². The van der Waals surface area contributed by atoms with Crippen molar-refractivity contribution in [3.05, 3.63) is 30.1 Å². The second-order valence-electron chi connectivity index (χ2n) is 5.50. The second-order valence-corrected chi connectivity index (χ2v) is 8.68. The van der Waals surface area contributed by atoms with Gasteiger partial charge in [-0.25, -0.2) is 4.99 Å². The van der Waals surface area contributed by atoms with E-state index in [1.54, 1.807) is 35.9 Å². The number of thioether (sulfide) groups is 2. The van der Waals surface area contributed by atoms with Gasteiger partial charge in [0.25, 0.3) is 0 Å². The molecule has 23 heavy (non-hydrogen) atoms. The van der Waals surface area contributed by atoms with Crippen LogP contribution in [0, 0.1) is 33.5 Å². The molecule has 1 fully saturated rings. The number of hydrogen-bond acceptors (Lipinski definition) is 7. The molecule has 1 aromatic heterocycles. The SMILES string of the molecule is CCSC1(SCC)N=C(N)C2(C#N)C(c3cccnc3)C12C#N. The predicted molar refractivity (Wildman–Crippen MR) is 93.7 cm³/mol. The Kier molecular flexibility index (Phi) is 3.82. The highest BCUT2D eigenvalue weighted by atomic mass is 32.2. The second kappa shape index (κ2) is 5.43. The average Bonchev–Trinajstić information content (AvgIpc) is 3.15. The molecule has 1 aliphatic heterocycles. The summed E-state index contributed by atoms with van der Waals surface area (Å²) in [7, 11) is 0. The Morgan fingerprint density at radius 3 is 2.43 bits per heavy atom. The molecule has 0 radical (unpaired) electrons. The standard InChI is InChI=1S/C16H17N5S2/c1-3-22-16(23-4-2)15(10-18)12(11-6-5-7-20-8-11)14(15,9-17)13(19)21-16/h5-8,12H,3-4H2,1-2H3,(H2,19,21). The lowest BCUT2D eigenvalue weighted by Gasteiger charge is -2.31. The van der Waals surface area contributed by atoms with Gasteiger partial charge >= 0.3 is 0 Å². The Labute approximate surface area is 144 Å². The van der Waals surface area contributed by atoms with E-state index in [-0.39, 0.29) is 11.8 Å². The minimum atomic E-state index is -1.05. The quantitative estimate of drug-likeness (QED) is 0.825. The molecule has 3 atom stereocenters. The summed E-state index contributed by atoms with van der Waals surface area (Å²) in [5.74, 6) is 1.61. The number of pyridine rings is 1. The summed E-state index contributed by atoms with van der Waals surface area (Å²) in [6, 6.07) is 8.55. The Balaban J connectivity index is 2.22. The molecule has 2 N–H and O–H groups in total. The molecule has 1 aromatic rings. The maximum absolute atomic E-state index is 10.1. The van der Waals surface area contributed by atoms with Crippen LogP contribution >= 0.6 is 23.5 Å². The Hall–Kier alpha value is -1.70. The minimum Gasteiger partial charge on any atom is -0.386 e. The van der Waals surface area contributed by atoms with Crippen LogP contribution in [0.3, 0.4) is 0 Å². The summed E-state index contributed by atoms with van der Waals surface area (Å²) < 4.78 is -0.731. The topological polar surface area (TPSA) is 98.8 Å². The fourth-order valence-corrected chi connectivity index (χ4v) is 7.05. The molecule has 0 spiro atoms. The van der Waals surface area contributed by atoms with Gasteiger partial charge in [0.05, 0.1) is 12.1 Å². The first kappa shape index (κ1) is 16.2. The normalized spacial score (nSPS) is 33.2. The van der Waals surface area contributed by atoms with Gasteiger partial charge in [-0.1, -0.05) is 19.9 Å². The summed E-state index contributed by atoms with van der Waals surface area (Å²) in [5, 5.41) is 20.1. The fourth-order valence-electron chi connectivity index (χ4n) is 3.80. The largest absolute Gasteiger partial charge is 0.386 e.